The van der Waals surface area contributed by atoms with Crippen LogP contribution in [0.1, 0.15) is 85.0 Å². The molecule has 1 saturated heterocycles. The number of carbonyl (C=O) groups is 4. The van der Waals surface area contributed by atoms with E-state index in [1.165, 1.54) is 33.6 Å². The van der Waals surface area contributed by atoms with Gasteiger partial charge in [-0.1, -0.05) is 19.3 Å². The molecule has 1 saturated carbocycles. The molecule has 1 aliphatic carbocycles. The Morgan fingerprint density at radius 3 is 2.06 bits per heavy atom. The van der Waals surface area contributed by atoms with Crippen LogP contribution in [-0.4, -0.2) is 73.8 Å². The van der Waals surface area contributed by atoms with E-state index >= 15 is 0 Å². The van der Waals surface area contributed by atoms with Crippen molar-refractivity contribution < 1.29 is 47.6 Å². The maximum Gasteiger partial charge on any atom is 0.306 e. The first-order chi connectivity index (χ1) is 17.2. The summed E-state index contributed by atoms with van der Waals surface area (Å²) in [4.78, 5) is 46.7. The van der Waals surface area contributed by atoms with E-state index in [0.717, 1.165) is 32.1 Å². The largest absolute Gasteiger partial charge is 0.463 e. The van der Waals surface area contributed by atoms with E-state index in [9.17, 15) is 19.2 Å². The van der Waals surface area contributed by atoms with Crippen molar-refractivity contribution in [2.75, 3.05) is 13.2 Å². The highest BCUT2D eigenvalue weighted by Crippen LogP contribution is 2.27. The molecule has 1 heterocycles. The van der Waals surface area contributed by atoms with E-state index in [1.54, 1.807) is 0 Å². The fourth-order valence-electron chi connectivity index (χ4n) is 4.43. The zero-order valence-electron chi connectivity index (χ0n) is 21.6. The molecule has 0 spiro atoms. The van der Waals surface area contributed by atoms with Gasteiger partial charge in [0.15, 0.2) is 18.5 Å². The van der Waals surface area contributed by atoms with Gasteiger partial charge in [-0.05, 0) is 38.5 Å². The maximum absolute atomic E-state index is 12.1. The third-order valence-electron chi connectivity index (χ3n) is 6.16. The Hall–Kier alpha value is -2.24. The summed E-state index contributed by atoms with van der Waals surface area (Å²) in [5.41, 5.74) is 6.25. The molecule has 0 aromatic carbocycles. The van der Waals surface area contributed by atoms with Gasteiger partial charge in [0.2, 0.25) is 0 Å². The van der Waals surface area contributed by atoms with Crippen LogP contribution in [0.5, 0.6) is 0 Å². The van der Waals surface area contributed by atoms with Crippen LogP contribution < -0.4 is 5.73 Å². The minimum atomic E-state index is -1.07. The molecular formula is C25H41NO10. The van der Waals surface area contributed by atoms with Gasteiger partial charge < -0.3 is 34.2 Å². The quantitative estimate of drug-likeness (QED) is 0.176. The van der Waals surface area contributed by atoms with Crippen molar-refractivity contribution in [2.45, 2.75) is 122 Å². The van der Waals surface area contributed by atoms with Gasteiger partial charge in [0.1, 0.15) is 18.8 Å². The lowest BCUT2D eigenvalue weighted by Crippen LogP contribution is -2.64. The van der Waals surface area contributed by atoms with Crippen molar-refractivity contribution in [1.82, 2.24) is 0 Å². The molecule has 36 heavy (non-hydrogen) atoms. The molecule has 0 aromatic rings. The first kappa shape index (κ1) is 30.0. The third-order valence-corrected chi connectivity index (χ3v) is 6.16. The Bertz CT molecular complexity index is 722. The first-order valence-corrected chi connectivity index (χ1v) is 12.9. The first-order valence-electron chi connectivity index (χ1n) is 12.9. The van der Waals surface area contributed by atoms with Gasteiger partial charge in [-0.3, -0.25) is 19.2 Å². The Labute approximate surface area is 212 Å². The van der Waals surface area contributed by atoms with Gasteiger partial charge in [-0.2, -0.15) is 0 Å². The van der Waals surface area contributed by atoms with Crippen molar-refractivity contribution in [1.29, 1.82) is 0 Å². The molecule has 11 heteroatoms. The molecule has 0 aromatic heterocycles. The summed E-state index contributed by atoms with van der Waals surface area (Å²) in [5.74, 6) is -1.95. The molecule has 0 radical (unpaired) electrons. The zero-order chi connectivity index (χ0) is 26.5. The van der Waals surface area contributed by atoms with Crippen LogP contribution in [0, 0.1) is 0 Å². The SMILES string of the molecule is CC(=O)OCC1OC(OCCCCCC(=O)OC2CCCCCC2)C(N)C(OC(C)=O)C1OC(C)=O. The minimum Gasteiger partial charge on any atom is -0.463 e. The van der Waals surface area contributed by atoms with Crippen LogP contribution in [0.25, 0.3) is 0 Å². The normalized spacial score (nSPS) is 26.9. The van der Waals surface area contributed by atoms with E-state index in [-0.39, 0.29) is 25.3 Å². The van der Waals surface area contributed by atoms with Crippen LogP contribution in [0.15, 0.2) is 0 Å². The summed E-state index contributed by atoms with van der Waals surface area (Å²) >= 11 is 0. The summed E-state index contributed by atoms with van der Waals surface area (Å²) in [6.07, 6.45) is 4.96. The summed E-state index contributed by atoms with van der Waals surface area (Å²) in [7, 11) is 0. The van der Waals surface area contributed by atoms with Gasteiger partial charge in [0, 0.05) is 33.8 Å². The van der Waals surface area contributed by atoms with Crippen LogP contribution in [0.2, 0.25) is 0 Å². The van der Waals surface area contributed by atoms with Crippen LogP contribution in [0.4, 0.5) is 0 Å². The number of hydrogen-bond acceptors (Lipinski definition) is 11. The average Bonchev–Trinajstić information content (AvgIpc) is 3.07. The summed E-state index contributed by atoms with van der Waals surface area (Å²) in [6, 6.07) is -0.943. The number of unbranched alkanes of at least 4 members (excludes halogenated alkanes) is 2. The summed E-state index contributed by atoms with van der Waals surface area (Å²) in [6.45, 7) is 3.69. The number of carbonyl (C=O) groups excluding carboxylic acids is 4. The lowest BCUT2D eigenvalue weighted by molar-refractivity contribution is -0.274. The number of rotatable bonds is 12. The molecule has 2 rings (SSSR count). The van der Waals surface area contributed by atoms with E-state index in [0.29, 0.717) is 19.3 Å². The summed E-state index contributed by atoms with van der Waals surface area (Å²) < 4.78 is 32.9. The van der Waals surface area contributed by atoms with Crippen LogP contribution in [0.3, 0.4) is 0 Å². The van der Waals surface area contributed by atoms with Gasteiger partial charge in [0.25, 0.3) is 0 Å². The smallest absolute Gasteiger partial charge is 0.306 e. The number of hydrogen-bond donors (Lipinski definition) is 1. The van der Waals surface area contributed by atoms with E-state index in [2.05, 4.69) is 0 Å². The lowest BCUT2D eigenvalue weighted by atomic mass is 9.97. The van der Waals surface area contributed by atoms with Crippen molar-refractivity contribution >= 4 is 23.9 Å². The molecule has 206 valence electrons. The van der Waals surface area contributed by atoms with Gasteiger partial charge >= 0.3 is 23.9 Å². The van der Waals surface area contributed by atoms with Crippen LogP contribution in [-0.2, 0) is 47.6 Å². The molecule has 11 nitrogen and oxygen atoms in total. The maximum atomic E-state index is 12.1. The average molecular weight is 516 g/mol. The topological polar surface area (TPSA) is 150 Å². The Morgan fingerprint density at radius 1 is 0.806 bits per heavy atom. The standard InChI is InChI=1S/C25H41NO10/c1-16(27)32-15-20-23(33-17(2)28)24(34-18(3)29)22(26)25(36-20)31-14-10-6-9-13-21(30)35-19-11-7-4-5-8-12-19/h19-20,22-25H,4-15,26H2,1-3H3. The van der Waals surface area contributed by atoms with Crippen LogP contribution >= 0.6 is 0 Å². The Balaban J connectivity index is 1.82. The number of nitrogens with two attached hydrogens (primary N) is 1. The van der Waals surface area contributed by atoms with Gasteiger partial charge in [0.05, 0.1) is 6.04 Å². The van der Waals surface area contributed by atoms with E-state index in [4.69, 9.17) is 34.2 Å². The molecule has 5 atom stereocenters. The second-order valence-electron chi connectivity index (χ2n) is 9.36. The molecule has 1 aliphatic heterocycles. The van der Waals surface area contributed by atoms with Gasteiger partial charge in [-0.15, -0.1) is 0 Å². The predicted octanol–water partition coefficient (Wildman–Crippen LogP) is 2.31. The molecule has 2 aliphatic rings. The Kier molecular flexibility index (Phi) is 13.1. The fourth-order valence-corrected chi connectivity index (χ4v) is 4.43. The molecule has 0 bridgehead atoms. The molecule has 2 N–H and O–H groups in total. The molecule has 0 amide bonds. The summed E-state index contributed by atoms with van der Waals surface area (Å²) in [5, 5.41) is 0. The highest BCUT2D eigenvalue weighted by Gasteiger charge is 2.49. The predicted molar refractivity (Wildman–Crippen MR) is 126 cm³/mol. The van der Waals surface area contributed by atoms with Crippen molar-refractivity contribution in [3.05, 3.63) is 0 Å². The Morgan fingerprint density at radius 2 is 1.44 bits per heavy atom. The highest BCUT2D eigenvalue weighted by atomic mass is 16.7. The zero-order valence-corrected chi connectivity index (χ0v) is 21.6. The second-order valence-corrected chi connectivity index (χ2v) is 9.36. The minimum absolute atomic E-state index is 0.0502. The molecule has 5 unspecified atom stereocenters. The van der Waals surface area contributed by atoms with E-state index in [1.807, 2.05) is 0 Å². The monoisotopic (exact) mass is 515 g/mol. The second kappa shape index (κ2) is 15.8. The highest BCUT2D eigenvalue weighted by molar-refractivity contribution is 5.69. The van der Waals surface area contributed by atoms with Gasteiger partial charge in [-0.25, -0.2) is 0 Å². The molecular weight excluding hydrogens is 474 g/mol. The number of ether oxygens (including phenoxy) is 6. The third kappa shape index (κ3) is 10.8. The molecule has 2 fully saturated rings. The van der Waals surface area contributed by atoms with E-state index < -0.39 is 48.6 Å². The number of esters is 4. The lowest BCUT2D eigenvalue weighted by Gasteiger charge is -2.43. The van der Waals surface area contributed by atoms with Crippen molar-refractivity contribution in [3.63, 3.8) is 0 Å². The fraction of sp³-hybridized carbons (Fsp3) is 0.840. The van der Waals surface area contributed by atoms with Crippen molar-refractivity contribution in [3.8, 4) is 0 Å². The van der Waals surface area contributed by atoms with Crippen molar-refractivity contribution in [2.24, 2.45) is 5.73 Å².